The van der Waals surface area contributed by atoms with E-state index in [4.69, 9.17) is 27.9 Å². The van der Waals surface area contributed by atoms with Gasteiger partial charge in [0.1, 0.15) is 6.61 Å². The van der Waals surface area contributed by atoms with E-state index in [1.165, 1.54) is 6.08 Å². The van der Waals surface area contributed by atoms with Crippen molar-refractivity contribution < 1.29 is 9.53 Å². The fourth-order valence-corrected chi connectivity index (χ4v) is 2.54. The van der Waals surface area contributed by atoms with Crippen LogP contribution in [0.15, 0.2) is 53.0 Å². The number of carbonyl (C=O) groups excluding carboxylic acids is 1. The molecule has 2 aromatic carbocycles. The zero-order valence-corrected chi connectivity index (χ0v) is 14.0. The number of carbonyl (C=O) groups is 1. The van der Waals surface area contributed by atoms with Crippen LogP contribution in [0, 0.1) is 0 Å². The first kappa shape index (κ1) is 16.1. The summed E-state index contributed by atoms with van der Waals surface area (Å²) in [5.41, 5.74) is 1.62. The van der Waals surface area contributed by atoms with Crippen LogP contribution in [-0.2, 0) is 16.1 Å². The van der Waals surface area contributed by atoms with Gasteiger partial charge in [-0.25, -0.2) is 4.79 Å². The Morgan fingerprint density at radius 2 is 2.00 bits per heavy atom. The molecule has 2 aromatic rings. The van der Waals surface area contributed by atoms with E-state index < -0.39 is 5.97 Å². The molecule has 5 heteroatoms. The number of rotatable bonds is 4. The molecular weight excluding hydrogens is 375 g/mol. The molecule has 108 valence electrons. The first-order valence-corrected chi connectivity index (χ1v) is 7.64. The minimum absolute atomic E-state index is 0.219. The summed E-state index contributed by atoms with van der Waals surface area (Å²) in [5, 5.41) is 1.04. The molecule has 0 aliphatic carbocycles. The molecule has 0 radical (unpaired) electrons. The maximum atomic E-state index is 11.7. The van der Waals surface area contributed by atoms with Gasteiger partial charge in [-0.2, -0.15) is 0 Å². The number of halogens is 3. The van der Waals surface area contributed by atoms with Gasteiger partial charge in [0.15, 0.2) is 0 Å². The second-order valence-corrected chi connectivity index (χ2v) is 6.00. The van der Waals surface area contributed by atoms with Gasteiger partial charge in [-0.15, -0.1) is 0 Å². The molecule has 0 amide bonds. The van der Waals surface area contributed by atoms with Crippen molar-refractivity contribution in [3.63, 3.8) is 0 Å². The Bertz CT molecular complexity index is 684. The second-order valence-electron chi connectivity index (χ2n) is 4.24. The molecule has 0 heterocycles. The minimum Gasteiger partial charge on any atom is -0.458 e. The summed E-state index contributed by atoms with van der Waals surface area (Å²) < 4.78 is 6.10. The quantitative estimate of drug-likeness (QED) is 0.512. The number of benzene rings is 2. The highest BCUT2D eigenvalue weighted by atomic mass is 79.9. The number of hydrogen-bond acceptors (Lipinski definition) is 2. The maximum absolute atomic E-state index is 11.7. The van der Waals surface area contributed by atoms with Gasteiger partial charge in [0, 0.05) is 20.6 Å². The molecule has 2 nitrogen and oxygen atoms in total. The molecule has 0 fully saturated rings. The van der Waals surface area contributed by atoms with Gasteiger partial charge < -0.3 is 4.74 Å². The summed E-state index contributed by atoms with van der Waals surface area (Å²) in [7, 11) is 0. The largest absolute Gasteiger partial charge is 0.458 e. The van der Waals surface area contributed by atoms with Gasteiger partial charge in [-0.3, -0.25) is 0 Å². The third kappa shape index (κ3) is 5.20. The summed E-state index contributed by atoms with van der Waals surface area (Å²) in [6, 6.07) is 12.6. The van der Waals surface area contributed by atoms with Crippen LogP contribution in [0.3, 0.4) is 0 Å². The third-order valence-corrected chi connectivity index (χ3v) is 3.69. The Morgan fingerprint density at radius 1 is 1.19 bits per heavy atom. The maximum Gasteiger partial charge on any atom is 0.331 e. The molecule has 0 aliphatic rings. The van der Waals surface area contributed by atoms with Crippen molar-refractivity contribution >= 4 is 51.2 Å². The molecule has 0 N–H and O–H groups in total. The molecule has 21 heavy (non-hydrogen) atoms. The predicted octanol–water partition coefficient (Wildman–Crippen LogP) is 5.51. The van der Waals surface area contributed by atoms with Crippen LogP contribution >= 0.6 is 39.1 Å². The van der Waals surface area contributed by atoms with Crippen molar-refractivity contribution in [3.8, 4) is 0 Å². The van der Waals surface area contributed by atoms with Gasteiger partial charge in [-0.1, -0.05) is 57.3 Å². The number of hydrogen-bond donors (Lipinski definition) is 0. The molecule has 0 bridgehead atoms. The van der Waals surface area contributed by atoms with Crippen LogP contribution in [0.4, 0.5) is 0 Å². The lowest BCUT2D eigenvalue weighted by Crippen LogP contribution is -2.00. The molecule has 0 aromatic heterocycles. The lowest BCUT2D eigenvalue weighted by molar-refractivity contribution is -0.138. The first-order valence-electron chi connectivity index (χ1n) is 6.09. The van der Waals surface area contributed by atoms with Crippen molar-refractivity contribution in [2.75, 3.05) is 0 Å². The van der Waals surface area contributed by atoms with Crippen LogP contribution in [0.25, 0.3) is 6.08 Å². The Hall–Kier alpha value is -1.29. The lowest BCUT2D eigenvalue weighted by Gasteiger charge is -2.03. The van der Waals surface area contributed by atoms with Gasteiger partial charge in [0.05, 0.1) is 0 Å². The van der Waals surface area contributed by atoms with Gasteiger partial charge in [0.25, 0.3) is 0 Å². The average molecular weight is 386 g/mol. The van der Waals surface area contributed by atoms with Crippen LogP contribution in [0.5, 0.6) is 0 Å². The predicted molar refractivity (Wildman–Crippen MR) is 89.4 cm³/mol. The SMILES string of the molecule is O=C(/C=C/c1ccc(Cl)cc1Cl)OCc1cccc(Br)c1. The molecule has 0 atom stereocenters. The Morgan fingerprint density at radius 3 is 2.71 bits per heavy atom. The molecule has 0 aliphatic heterocycles. The summed E-state index contributed by atoms with van der Waals surface area (Å²) >= 11 is 15.2. The zero-order chi connectivity index (χ0) is 15.2. The van der Waals surface area contributed by atoms with E-state index in [0.29, 0.717) is 15.6 Å². The summed E-state index contributed by atoms with van der Waals surface area (Å²) in [6.45, 7) is 0.219. The average Bonchev–Trinajstić information content (AvgIpc) is 2.44. The first-order chi connectivity index (χ1) is 10.0. The van der Waals surface area contributed by atoms with E-state index >= 15 is 0 Å². The second kappa shape index (κ2) is 7.64. The minimum atomic E-state index is -0.430. The molecule has 2 rings (SSSR count). The monoisotopic (exact) mass is 384 g/mol. The smallest absolute Gasteiger partial charge is 0.331 e. The van der Waals surface area contributed by atoms with Crippen LogP contribution in [0.2, 0.25) is 10.0 Å². The van der Waals surface area contributed by atoms with E-state index in [-0.39, 0.29) is 6.61 Å². The molecule has 0 saturated heterocycles. The molecule has 0 spiro atoms. The van der Waals surface area contributed by atoms with Crippen LogP contribution < -0.4 is 0 Å². The van der Waals surface area contributed by atoms with Gasteiger partial charge >= 0.3 is 5.97 Å². The molecule has 0 saturated carbocycles. The Balaban J connectivity index is 1.93. The fourth-order valence-electron chi connectivity index (χ4n) is 1.62. The summed E-state index contributed by atoms with van der Waals surface area (Å²) in [4.78, 5) is 11.7. The third-order valence-electron chi connectivity index (χ3n) is 2.63. The van der Waals surface area contributed by atoms with E-state index in [2.05, 4.69) is 15.9 Å². The normalized spacial score (nSPS) is 10.8. The lowest BCUT2D eigenvalue weighted by atomic mass is 10.2. The van der Waals surface area contributed by atoms with Crippen molar-refractivity contribution in [1.82, 2.24) is 0 Å². The van der Waals surface area contributed by atoms with Crippen LogP contribution in [0.1, 0.15) is 11.1 Å². The van der Waals surface area contributed by atoms with Crippen LogP contribution in [-0.4, -0.2) is 5.97 Å². The highest BCUT2D eigenvalue weighted by Gasteiger charge is 2.01. The molecular formula is C16H11BrCl2O2. The molecule has 0 unspecified atom stereocenters. The Labute approximate surface area is 141 Å². The van der Waals surface area contributed by atoms with E-state index in [1.807, 2.05) is 24.3 Å². The highest BCUT2D eigenvalue weighted by molar-refractivity contribution is 9.10. The van der Waals surface area contributed by atoms with E-state index in [1.54, 1.807) is 24.3 Å². The van der Waals surface area contributed by atoms with E-state index in [0.717, 1.165) is 10.0 Å². The Kier molecular flexibility index (Phi) is 5.85. The van der Waals surface area contributed by atoms with E-state index in [9.17, 15) is 4.79 Å². The standard InChI is InChI=1S/C16H11BrCl2O2/c17-13-3-1-2-11(8-13)10-21-16(20)7-5-12-4-6-14(18)9-15(12)19/h1-9H,10H2/b7-5+. The van der Waals surface area contributed by atoms with Crippen molar-refractivity contribution in [2.24, 2.45) is 0 Å². The zero-order valence-electron chi connectivity index (χ0n) is 10.9. The summed E-state index contributed by atoms with van der Waals surface area (Å²) in [5.74, 6) is -0.430. The topological polar surface area (TPSA) is 26.3 Å². The fraction of sp³-hybridized carbons (Fsp3) is 0.0625. The van der Waals surface area contributed by atoms with Crippen molar-refractivity contribution in [3.05, 3.63) is 74.2 Å². The van der Waals surface area contributed by atoms with Crippen molar-refractivity contribution in [1.29, 1.82) is 0 Å². The summed E-state index contributed by atoms with van der Waals surface area (Å²) in [6.07, 6.45) is 2.94. The number of ether oxygens (including phenoxy) is 1. The highest BCUT2D eigenvalue weighted by Crippen LogP contribution is 2.22. The number of esters is 1. The van der Waals surface area contributed by atoms with Crippen molar-refractivity contribution in [2.45, 2.75) is 6.61 Å². The van der Waals surface area contributed by atoms with Gasteiger partial charge in [-0.05, 0) is 41.5 Å². The van der Waals surface area contributed by atoms with Gasteiger partial charge in [0.2, 0.25) is 0 Å².